The molecule has 4 aromatic heterocycles. The van der Waals surface area contributed by atoms with Crippen LogP contribution >= 0.6 is 0 Å². The first kappa shape index (κ1) is 78.2. The Morgan fingerprint density at radius 2 is 0.454 bits per heavy atom. The number of benzene rings is 17. The molecule has 21 aromatic rings. The molecule has 21 rings (SSSR count). The van der Waals surface area contributed by atoms with Crippen LogP contribution in [0.25, 0.3) is 212 Å². The van der Waals surface area contributed by atoms with Gasteiger partial charge in [-0.05, 0) is 178 Å². The number of fused-ring (bicyclic) bond motifs is 6. The van der Waals surface area contributed by atoms with Gasteiger partial charge in [0.2, 0.25) is 0 Å². The van der Waals surface area contributed by atoms with Crippen LogP contribution in [0.1, 0.15) is 38.9 Å². The first-order valence-corrected chi connectivity index (χ1v) is 42.2. The second-order valence-corrected chi connectivity index (χ2v) is 31.7. The summed E-state index contributed by atoms with van der Waals surface area (Å²) in [5, 5.41) is 81.4. The summed E-state index contributed by atoms with van der Waals surface area (Å²) in [5.41, 5.74) is 26.5. The van der Waals surface area contributed by atoms with Gasteiger partial charge in [0, 0.05) is 105 Å². The number of para-hydroxylation sites is 1. The van der Waals surface area contributed by atoms with E-state index < -0.39 is 0 Å². The lowest BCUT2D eigenvalue weighted by molar-refractivity contribution is 1.17. The van der Waals surface area contributed by atoms with Gasteiger partial charge in [-0.15, -0.1) is 0 Å². The van der Waals surface area contributed by atoms with Crippen LogP contribution < -0.4 is 0 Å². The summed E-state index contributed by atoms with van der Waals surface area (Å²) >= 11 is 0. The Bertz CT molecular complexity index is 8300. The summed E-state index contributed by atoms with van der Waals surface area (Å²) in [6.07, 6.45) is 0. The van der Waals surface area contributed by atoms with Crippen molar-refractivity contribution < 1.29 is 0 Å². The number of rotatable bonds is 16. The second-order valence-electron chi connectivity index (χ2n) is 31.7. The van der Waals surface area contributed by atoms with Crippen molar-refractivity contribution in [2.24, 2.45) is 0 Å². The number of nitriles is 7. The van der Waals surface area contributed by atoms with E-state index in [2.05, 4.69) is 137 Å². The molecule has 13 heteroatoms. The van der Waals surface area contributed by atoms with E-state index in [1.807, 2.05) is 309 Å². The number of hydrogen-bond acceptors (Lipinski definition) is 11. The van der Waals surface area contributed by atoms with Gasteiger partial charge in [-0.25, -0.2) is 19.9 Å². The molecule has 0 aliphatic carbocycles. The third-order valence-electron chi connectivity index (χ3n) is 24.2. The lowest BCUT2D eigenvalue weighted by atomic mass is 9.88. The normalized spacial score (nSPS) is 11.0. The Morgan fingerprint density at radius 1 is 0.169 bits per heavy atom. The molecule has 0 bridgehead atoms. The van der Waals surface area contributed by atoms with Crippen molar-refractivity contribution in [3.63, 3.8) is 0 Å². The molecular weight excluding hydrogens is 1590 g/mol. The largest absolute Gasteiger partial charge is 0.308 e. The molecule has 598 valence electrons. The van der Waals surface area contributed by atoms with E-state index in [1.54, 1.807) is 0 Å². The Kier molecular flexibility index (Phi) is 20.0. The highest BCUT2D eigenvalue weighted by Gasteiger charge is 2.30. The molecule has 0 spiro atoms. The van der Waals surface area contributed by atoms with Crippen molar-refractivity contribution >= 4 is 43.6 Å². The maximum atomic E-state index is 11.4. The van der Waals surface area contributed by atoms with Crippen LogP contribution in [0.15, 0.2) is 394 Å². The summed E-state index contributed by atoms with van der Waals surface area (Å²) in [7, 11) is 0. The van der Waals surface area contributed by atoms with Crippen molar-refractivity contribution in [2.45, 2.75) is 0 Å². The van der Waals surface area contributed by atoms with Crippen LogP contribution in [0.2, 0.25) is 0 Å². The minimum absolute atomic E-state index is 0.405. The quantitative estimate of drug-likeness (QED) is 0.0883. The van der Waals surface area contributed by atoms with E-state index >= 15 is 0 Å². The van der Waals surface area contributed by atoms with Gasteiger partial charge in [0.25, 0.3) is 0 Å². The highest BCUT2D eigenvalue weighted by molar-refractivity contribution is 6.15. The van der Waals surface area contributed by atoms with E-state index in [-0.39, 0.29) is 0 Å². The molecule has 0 N–H and O–H groups in total. The third-order valence-corrected chi connectivity index (χ3v) is 24.2. The van der Waals surface area contributed by atoms with E-state index in [0.29, 0.717) is 118 Å². The van der Waals surface area contributed by atoms with Crippen molar-refractivity contribution in [1.29, 1.82) is 36.8 Å². The Labute approximate surface area is 748 Å². The molecule has 0 saturated carbocycles. The lowest BCUT2D eigenvalue weighted by Crippen LogP contribution is -2.04. The average molecular weight is 1650 g/mol. The molecule has 0 unspecified atom stereocenters. The minimum Gasteiger partial charge on any atom is -0.308 e. The monoisotopic (exact) mass is 1650 g/mol. The van der Waals surface area contributed by atoms with Gasteiger partial charge >= 0.3 is 0 Å². The molecule has 0 fully saturated rings. The van der Waals surface area contributed by atoms with Crippen LogP contribution in [0, 0.1) is 79.3 Å². The summed E-state index contributed by atoms with van der Waals surface area (Å²) < 4.78 is 4.46. The van der Waals surface area contributed by atoms with Gasteiger partial charge in [-0.2, -0.15) is 36.8 Å². The summed E-state index contributed by atoms with van der Waals surface area (Å²) in [6.45, 7) is 0. The van der Waals surface area contributed by atoms with Crippen molar-refractivity contribution in [3.8, 4) is 211 Å². The first-order valence-electron chi connectivity index (χ1n) is 42.2. The molecule has 0 amide bonds. The fourth-order valence-electron chi connectivity index (χ4n) is 18.2. The van der Waals surface area contributed by atoms with Gasteiger partial charge in [-0.3, -0.25) is 0 Å². The maximum Gasteiger partial charge on any atom is 0.160 e. The lowest BCUT2D eigenvalue weighted by Gasteiger charge is -2.22. The highest BCUT2D eigenvalue weighted by atomic mass is 15.0. The number of nitrogens with zero attached hydrogens (tertiary/aromatic N) is 13. The van der Waals surface area contributed by atoms with E-state index in [4.69, 9.17) is 19.9 Å². The molecule has 13 nitrogen and oxygen atoms in total. The smallest absolute Gasteiger partial charge is 0.160 e. The van der Waals surface area contributed by atoms with Crippen LogP contribution in [-0.2, 0) is 0 Å². The molecule has 0 radical (unpaired) electrons. The Morgan fingerprint density at radius 3 is 0.854 bits per heavy atom. The number of hydrogen-bond donors (Lipinski definition) is 0. The molecule has 0 saturated heterocycles. The molecule has 130 heavy (non-hydrogen) atoms. The molecule has 0 atom stereocenters. The predicted octanol–water partition coefficient (Wildman–Crippen LogP) is 27.9. The Hall–Kier alpha value is -19.1. The molecule has 0 aliphatic heterocycles. The van der Waals surface area contributed by atoms with Crippen LogP contribution in [0.5, 0.6) is 0 Å². The molecule has 0 aliphatic rings. The molecular formula is C117H65N13. The van der Waals surface area contributed by atoms with E-state index in [9.17, 15) is 36.8 Å². The van der Waals surface area contributed by atoms with Gasteiger partial charge in [0.15, 0.2) is 11.6 Å². The summed E-state index contributed by atoms with van der Waals surface area (Å²) in [4.78, 5) is 21.0. The van der Waals surface area contributed by atoms with Gasteiger partial charge in [0.05, 0.1) is 138 Å². The van der Waals surface area contributed by atoms with Crippen molar-refractivity contribution in [3.05, 3.63) is 433 Å². The van der Waals surface area contributed by atoms with E-state index in [1.165, 1.54) is 0 Å². The van der Waals surface area contributed by atoms with Crippen LogP contribution in [0.3, 0.4) is 0 Å². The number of aromatic nitrogens is 6. The zero-order valence-corrected chi connectivity index (χ0v) is 69.3. The highest BCUT2D eigenvalue weighted by Crippen LogP contribution is 2.51. The van der Waals surface area contributed by atoms with E-state index in [0.717, 1.165) is 133 Å². The van der Waals surface area contributed by atoms with Crippen LogP contribution in [0.4, 0.5) is 0 Å². The third kappa shape index (κ3) is 14.0. The van der Waals surface area contributed by atoms with Gasteiger partial charge < -0.3 is 9.13 Å². The fourth-order valence-corrected chi connectivity index (χ4v) is 18.2. The summed E-state index contributed by atoms with van der Waals surface area (Å²) in [5.74, 6) is 1.04. The molecule has 4 heterocycles. The van der Waals surface area contributed by atoms with Crippen molar-refractivity contribution in [1.82, 2.24) is 29.1 Å². The first-order chi connectivity index (χ1) is 64.1. The van der Waals surface area contributed by atoms with Crippen molar-refractivity contribution in [2.75, 3.05) is 0 Å². The average Bonchev–Trinajstić information content (AvgIpc) is 1.55. The van der Waals surface area contributed by atoms with Gasteiger partial charge in [0.1, 0.15) is 0 Å². The maximum absolute atomic E-state index is 11.4. The summed E-state index contributed by atoms with van der Waals surface area (Å²) in [6, 6.07) is 146. The topological polar surface area (TPSA) is 228 Å². The fraction of sp³-hybridized carbons (Fsp3) is 0. The predicted molar refractivity (Wildman–Crippen MR) is 515 cm³/mol. The van der Waals surface area contributed by atoms with Gasteiger partial charge in [-0.1, -0.05) is 255 Å². The Balaban J connectivity index is 0.744. The second kappa shape index (κ2) is 33.3. The molecule has 17 aromatic carbocycles. The zero-order valence-electron chi connectivity index (χ0n) is 69.3. The standard InChI is InChI=1S/C117H65N13/c118-66-73-53-88(55-89(54-73)79-47-50-111-99(57-79)97-43-23-24-44-110(97)129(111)114-102(93-39-19-14-34-83(93)68-120)60-90(61-103(114)94-40-20-15-35-84(94)69-121)108-64-106(74-25-5-1-6-26-74)125-116(127-108)76-29-9-3-10-30-76)78-45-46-87(72-124)98(56-78)81-49-52-113-101(59-81)100-58-80(92-38-18-13-33-82(92)67-119)48-51-112(100)130(113)115-104(95-41-21-16-36-85(95)70-122)62-91(63-105(115)96-42-22-17-37-86(96)71-123)109-65-107(75-27-7-2-8-28-75)126-117(128-109)77-31-11-4-12-32-77/h1-65H. The SMILES string of the molecule is N#Cc1cc(-c2ccc(C#N)c(-c3ccc4c(c3)c3cc(-c5ccccc5C#N)ccc3n4-c3c(-c4ccccc4C#N)cc(-c4cc(-c5ccccc5)nc(-c5ccccc5)n4)cc3-c3ccccc3C#N)c2)cc(-c2ccc3c(c2)c2ccccc2n3-c2c(-c3ccccc3C#N)cc(-c3cc(-c4ccccc4)nc(-c4ccccc4)n3)cc2-c2ccccc2C#N)c1. The zero-order chi connectivity index (χ0) is 87.9. The minimum atomic E-state index is 0.405. The van der Waals surface area contributed by atoms with Crippen LogP contribution in [-0.4, -0.2) is 29.1 Å².